The summed E-state index contributed by atoms with van der Waals surface area (Å²) in [5.74, 6) is 0.116. The molecule has 0 amide bonds. The summed E-state index contributed by atoms with van der Waals surface area (Å²) < 4.78 is 16.3. The number of ether oxygens (including phenoxy) is 1. The Bertz CT molecular complexity index is 741. The number of fused-ring (bicyclic) bond motifs is 3. The van der Waals surface area contributed by atoms with Gasteiger partial charge in [0, 0.05) is 18.5 Å². The van der Waals surface area contributed by atoms with E-state index in [1.54, 1.807) is 12.2 Å². The Morgan fingerprint density at radius 1 is 1.42 bits per heavy atom. The lowest BCUT2D eigenvalue weighted by Gasteiger charge is -2.40. The molecule has 24 heavy (non-hydrogen) atoms. The minimum absolute atomic E-state index is 0.0974. The molecule has 8 nitrogen and oxygen atoms in total. The van der Waals surface area contributed by atoms with Gasteiger partial charge < -0.3 is 9.16 Å². The lowest BCUT2D eigenvalue weighted by molar-refractivity contribution is -0.602. The van der Waals surface area contributed by atoms with E-state index in [0.29, 0.717) is 12.2 Å². The van der Waals surface area contributed by atoms with Crippen LogP contribution < -0.4 is 0 Å². The second-order valence-electron chi connectivity index (χ2n) is 6.87. The first-order chi connectivity index (χ1) is 11.2. The molecular formula is C14H18ClN3O5Si. The number of hydrogen-bond donors (Lipinski definition) is 0. The fraction of sp³-hybridized carbons (Fsp3) is 0.571. The third-order valence-electron chi connectivity index (χ3n) is 4.19. The first-order valence-electron chi connectivity index (χ1n) is 7.48. The van der Waals surface area contributed by atoms with Crippen LogP contribution in [0.5, 0.6) is 0 Å². The average Bonchev–Trinajstić information content (AvgIpc) is 2.94. The number of methoxy groups -OCH3 is 1. The molecule has 3 rings (SSSR count). The smallest absolute Gasteiger partial charge is 0.305 e. The summed E-state index contributed by atoms with van der Waals surface area (Å²) >= 11 is 6.23. The van der Waals surface area contributed by atoms with Crippen LogP contribution in [-0.2, 0) is 14.7 Å². The zero-order valence-electron chi connectivity index (χ0n) is 13.8. The summed E-state index contributed by atoms with van der Waals surface area (Å²) in [6, 6.07) is 0. The van der Waals surface area contributed by atoms with E-state index in [-0.39, 0.29) is 21.3 Å². The largest absolute Gasteiger partial charge is 0.547 e. The van der Waals surface area contributed by atoms with Gasteiger partial charge in [-0.05, 0) is 36.0 Å². The molecule has 2 aliphatic rings. The molecule has 0 N–H and O–H groups in total. The maximum atomic E-state index is 12.1. The third-order valence-corrected chi connectivity index (χ3v) is 5.37. The Labute approximate surface area is 144 Å². The van der Waals surface area contributed by atoms with Gasteiger partial charge in [0.1, 0.15) is 0 Å². The van der Waals surface area contributed by atoms with Crippen LogP contribution in [-0.4, -0.2) is 36.8 Å². The number of hydrogen-bond acceptors (Lipinski definition) is 7. The van der Waals surface area contributed by atoms with Crippen molar-refractivity contribution in [1.82, 2.24) is 10.3 Å². The number of nitro groups is 1. The number of rotatable bonds is 4. The highest BCUT2D eigenvalue weighted by atomic mass is 35.5. The quantitative estimate of drug-likeness (QED) is 0.455. The van der Waals surface area contributed by atoms with Gasteiger partial charge in [-0.15, -0.1) is 0 Å². The molecule has 1 aromatic rings. The van der Waals surface area contributed by atoms with Gasteiger partial charge in [-0.2, -0.15) is 0 Å². The number of nitrogens with zero attached hydrogens (tertiary/aromatic N) is 3. The van der Waals surface area contributed by atoms with Crippen molar-refractivity contribution in [2.45, 2.75) is 37.7 Å². The maximum absolute atomic E-state index is 12.1. The molecule has 0 aliphatic heterocycles. The highest BCUT2D eigenvalue weighted by molar-refractivity contribution is 6.70. The molecule has 0 bridgehead atoms. The summed E-state index contributed by atoms with van der Waals surface area (Å²) in [6.45, 7) is 6.15. The fourth-order valence-corrected chi connectivity index (χ4v) is 4.56. The van der Waals surface area contributed by atoms with E-state index >= 15 is 0 Å². The maximum Gasteiger partial charge on any atom is 0.305 e. The molecule has 0 saturated carbocycles. The molecule has 3 atom stereocenters. The van der Waals surface area contributed by atoms with Gasteiger partial charge in [-0.25, -0.2) is 4.63 Å². The van der Waals surface area contributed by atoms with E-state index in [4.69, 9.17) is 25.4 Å². The Balaban J connectivity index is 2.17. The number of allylic oxidation sites excluding steroid dienone is 1. The lowest BCUT2D eigenvalue weighted by atomic mass is 9.68. The number of aromatic nitrogens is 2. The molecule has 1 aromatic heterocycles. The van der Waals surface area contributed by atoms with Crippen LogP contribution in [0.25, 0.3) is 5.03 Å². The fourth-order valence-electron chi connectivity index (χ4n) is 3.35. The van der Waals surface area contributed by atoms with Crippen LogP contribution in [0, 0.1) is 16.0 Å². The van der Waals surface area contributed by atoms with Gasteiger partial charge >= 0.3 is 5.54 Å². The van der Waals surface area contributed by atoms with Gasteiger partial charge in [0.05, 0.1) is 16.7 Å². The molecular weight excluding hydrogens is 354 g/mol. The highest BCUT2D eigenvalue weighted by Gasteiger charge is 2.65. The van der Waals surface area contributed by atoms with Gasteiger partial charge in [-0.1, -0.05) is 17.7 Å². The molecule has 0 radical (unpaired) electrons. The zero-order valence-corrected chi connectivity index (χ0v) is 15.5. The first kappa shape index (κ1) is 17.1. The standard InChI is InChI=1S/C14H18ClN3O5Si/c1-21-11-7-9(22-24(2,3)4)5-8-6-10(15)12-13(17-23-16-12)14(8,11)18(19)20/h6-8,11H,5H2,1-4H3/t8-,11-,14-/m0/s1. The van der Waals surface area contributed by atoms with Crippen molar-refractivity contribution in [2.24, 2.45) is 5.92 Å². The first-order valence-corrected chi connectivity index (χ1v) is 11.3. The van der Waals surface area contributed by atoms with E-state index in [0.717, 1.165) is 0 Å². The van der Waals surface area contributed by atoms with Gasteiger partial charge in [0.15, 0.2) is 17.5 Å². The Morgan fingerprint density at radius 3 is 2.71 bits per heavy atom. The van der Waals surface area contributed by atoms with Crippen LogP contribution in [0.15, 0.2) is 22.5 Å². The molecule has 0 saturated heterocycles. The topological polar surface area (TPSA) is 101 Å². The van der Waals surface area contributed by atoms with Crippen molar-refractivity contribution >= 4 is 25.0 Å². The molecule has 130 valence electrons. The Morgan fingerprint density at radius 2 is 2.12 bits per heavy atom. The summed E-state index contributed by atoms with van der Waals surface area (Å²) in [4.78, 5) is 11.7. The molecule has 0 unspecified atom stereocenters. The summed E-state index contributed by atoms with van der Waals surface area (Å²) in [7, 11) is -0.440. The number of halogens is 1. The minimum Gasteiger partial charge on any atom is -0.547 e. The van der Waals surface area contributed by atoms with Crippen molar-refractivity contribution in [3.63, 3.8) is 0 Å². The average molecular weight is 372 g/mol. The van der Waals surface area contributed by atoms with E-state index in [1.165, 1.54) is 7.11 Å². The van der Waals surface area contributed by atoms with Gasteiger partial charge in [0.25, 0.3) is 0 Å². The monoisotopic (exact) mass is 371 g/mol. The molecule has 0 aromatic carbocycles. The molecule has 2 aliphatic carbocycles. The van der Waals surface area contributed by atoms with Crippen LogP contribution in [0.4, 0.5) is 0 Å². The zero-order chi connectivity index (χ0) is 17.7. The SMILES string of the molecule is CO[C@H]1C=C(O[Si](C)(C)C)C[C@H]2C=C(Cl)c3nonc3[C@]21[N+](=O)[O-]. The van der Waals surface area contributed by atoms with Crippen molar-refractivity contribution in [2.75, 3.05) is 7.11 Å². The Kier molecular flexibility index (Phi) is 4.05. The van der Waals surface area contributed by atoms with Gasteiger partial charge in [-0.3, -0.25) is 10.1 Å². The van der Waals surface area contributed by atoms with E-state index in [2.05, 4.69) is 10.3 Å². The van der Waals surface area contributed by atoms with Crippen molar-refractivity contribution < 1.29 is 18.7 Å². The van der Waals surface area contributed by atoms with Crippen LogP contribution in [0.3, 0.4) is 0 Å². The van der Waals surface area contributed by atoms with Crippen molar-refractivity contribution in [3.8, 4) is 0 Å². The van der Waals surface area contributed by atoms with E-state index in [1.807, 2.05) is 19.6 Å². The van der Waals surface area contributed by atoms with Gasteiger partial charge in [0.2, 0.25) is 8.32 Å². The van der Waals surface area contributed by atoms with Crippen LogP contribution in [0.1, 0.15) is 17.8 Å². The second-order valence-corrected chi connectivity index (χ2v) is 11.7. The summed E-state index contributed by atoms with van der Waals surface area (Å²) in [5, 5.41) is 19.9. The Hall–Kier alpha value is -1.71. The van der Waals surface area contributed by atoms with E-state index in [9.17, 15) is 10.1 Å². The van der Waals surface area contributed by atoms with Crippen molar-refractivity contribution in [3.05, 3.63) is 39.4 Å². The normalized spacial score (nSPS) is 29.2. The molecule has 1 heterocycles. The molecule has 0 spiro atoms. The highest BCUT2D eigenvalue weighted by Crippen LogP contribution is 2.51. The predicted octanol–water partition coefficient (Wildman–Crippen LogP) is 2.91. The summed E-state index contributed by atoms with van der Waals surface area (Å²) in [5.41, 5.74) is -1.34. The summed E-state index contributed by atoms with van der Waals surface area (Å²) in [6.07, 6.45) is 2.77. The van der Waals surface area contributed by atoms with Crippen LogP contribution in [0.2, 0.25) is 19.6 Å². The lowest BCUT2D eigenvalue weighted by Crippen LogP contribution is -2.56. The second kappa shape index (κ2) is 5.68. The predicted molar refractivity (Wildman–Crippen MR) is 88.2 cm³/mol. The van der Waals surface area contributed by atoms with Crippen LogP contribution >= 0.6 is 11.6 Å². The molecule has 10 heteroatoms. The van der Waals surface area contributed by atoms with Crippen molar-refractivity contribution in [1.29, 1.82) is 0 Å². The molecule has 0 fully saturated rings. The van der Waals surface area contributed by atoms with E-state index < -0.39 is 25.9 Å². The third kappa shape index (κ3) is 2.47. The minimum atomic E-state index is -1.86.